The number of aromatic nitrogens is 6. The zero-order chi connectivity index (χ0) is 20.4. The number of benzene rings is 2. The first-order chi connectivity index (χ1) is 14.6. The van der Waals surface area contributed by atoms with Crippen molar-refractivity contribution >= 4 is 38.2 Å². The van der Waals surface area contributed by atoms with Crippen molar-refractivity contribution in [3.05, 3.63) is 71.7 Å². The van der Waals surface area contributed by atoms with Crippen molar-refractivity contribution < 1.29 is 0 Å². The Balaban J connectivity index is 1.64. The van der Waals surface area contributed by atoms with Crippen LogP contribution in [0.2, 0.25) is 0 Å². The first-order valence-electron chi connectivity index (χ1n) is 9.77. The maximum absolute atomic E-state index is 4.91. The summed E-state index contributed by atoms with van der Waals surface area (Å²) in [5.74, 6) is 0.715. The zero-order valence-corrected chi connectivity index (χ0v) is 17.6. The predicted octanol–water partition coefficient (Wildman–Crippen LogP) is 5.27. The van der Waals surface area contributed by atoms with Crippen LogP contribution >= 0.6 is 11.3 Å². The number of rotatable bonds is 2. The van der Waals surface area contributed by atoms with Gasteiger partial charge in [-0.05, 0) is 44.0 Å². The number of nitrogens with zero attached hydrogens (tertiary/aromatic N) is 6. The van der Waals surface area contributed by atoms with E-state index in [1.54, 1.807) is 22.2 Å². The van der Waals surface area contributed by atoms with Gasteiger partial charge in [0.15, 0.2) is 22.3 Å². The molecule has 6 aromatic rings. The van der Waals surface area contributed by atoms with E-state index in [-0.39, 0.29) is 0 Å². The van der Waals surface area contributed by atoms with E-state index >= 15 is 0 Å². The summed E-state index contributed by atoms with van der Waals surface area (Å²) in [4.78, 5) is 14.5. The number of hydrogen-bond donors (Lipinski definition) is 0. The molecule has 0 saturated carbocycles. The van der Waals surface area contributed by atoms with Gasteiger partial charge in [-0.3, -0.25) is 4.57 Å². The first kappa shape index (κ1) is 17.3. The standard InChI is InChI=1S/C23H18N6S/c1-13-8-4-5-9-16(13)20-26-22-19-14(2)15(3)29(21(19)24-12-28(22)27-20)23-25-17-10-6-7-11-18(17)30-23/h4-12H,1-3H3. The lowest BCUT2D eigenvalue weighted by Gasteiger charge is -2.02. The summed E-state index contributed by atoms with van der Waals surface area (Å²) >= 11 is 1.67. The molecule has 146 valence electrons. The summed E-state index contributed by atoms with van der Waals surface area (Å²) in [6.07, 6.45) is 1.75. The van der Waals surface area contributed by atoms with Gasteiger partial charge in [0, 0.05) is 11.3 Å². The van der Waals surface area contributed by atoms with Crippen molar-refractivity contribution in [3.63, 3.8) is 0 Å². The minimum Gasteiger partial charge on any atom is -0.273 e. The number of aryl methyl sites for hydroxylation is 2. The van der Waals surface area contributed by atoms with E-state index in [0.717, 1.165) is 54.4 Å². The molecule has 0 spiro atoms. The quantitative estimate of drug-likeness (QED) is 0.390. The van der Waals surface area contributed by atoms with Crippen LogP contribution in [0.1, 0.15) is 16.8 Å². The SMILES string of the molecule is Cc1ccccc1-c1nc2c3c(C)c(C)n(-c4nc5ccccc5s4)c3ncn2n1. The summed E-state index contributed by atoms with van der Waals surface area (Å²) < 4.78 is 5.08. The number of thiazole rings is 1. The van der Waals surface area contributed by atoms with E-state index in [9.17, 15) is 0 Å². The highest BCUT2D eigenvalue weighted by molar-refractivity contribution is 7.20. The van der Waals surface area contributed by atoms with Crippen LogP contribution in [-0.4, -0.2) is 29.1 Å². The fraction of sp³-hybridized carbons (Fsp3) is 0.130. The van der Waals surface area contributed by atoms with E-state index in [2.05, 4.69) is 43.5 Å². The predicted molar refractivity (Wildman–Crippen MR) is 120 cm³/mol. The van der Waals surface area contributed by atoms with E-state index in [1.165, 1.54) is 0 Å². The monoisotopic (exact) mass is 410 g/mol. The van der Waals surface area contributed by atoms with Crippen LogP contribution in [0.25, 0.3) is 43.4 Å². The normalized spacial score (nSPS) is 11.8. The summed E-state index contributed by atoms with van der Waals surface area (Å²) in [5.41, 5.74) is 7.13. The molecule has 0 aliphatic carbocycles. The number of hydrogen-bond acceptors (Lipinski definition) is 5. The third kappa shape index (κ3) is 2.35. The van der Waals surface area contributed by atoms with Crippen LogP contribution in [0, 0.1) is 20.8 Å². The van der Waals surface area contributed by atoms with Crippen molar-refractivity contribution in [1.29, 1.82) is 0 Å². The number of para-hydroxylation sites is 1. The van der Waals surface area contributed by atoms with E-state index < -0.39 is 0 Å². The van der Waals surface area contributed by atoms with Gasteiger partial charge in [-0.2, -0.15) is 0 Å². The second kappa shape index (κ2) is 6.21. The molecule has 30 heavy (non-hydrogen) atoms. The highest BCUT2D eigenvalue weighted by atomic mass is 32.1. The Morgan fingerprint density at radius 3 is 2.50 bits per heavy atom. The molecule has 0 atom stereocenters. The van der Waals surface area contributed by atoms with E-state index in [0.29, 0.717) is 5.82 Å². The van der Waals surface area contributed by atoms with Gasteiger partial charge in [-0.15, -0.1) is 5.10 Å². The van der Waals surface area contributed by atoms with Crippen LogP contribution in [0.3, 0.4) is 0 Å². The highest BCUT2D eigenvalue weighted by Crippen LogP contribution is 2.33. The summed E-state index contributed by atoms with van der Waals surface area (Å²) in [7, 11) is 0. The second-order valence-corrected chi connectivity index (χ2v) is 8.48. The summed E-state index contributed by atoms with van der Waals surface area (Å²) in [6, 6.07) is 16.4. The largest absolute Gasteiger partial charge is 0.273 e. The molecule has 4 heterocycles. The third-order valence-corrected chi connectivity index (χ3v) is 6.71. The maximum Gasteiger partial charge on any atom is 0.196 e. The van der Waals surface area contributed by atoms with Crippen LogP contribution < -0.4 is 0 Å². The van der Waals surface area contributed by atoms with Crippen LogP contribution in [0.15, 0.2) is 54.9 Å². The smallest absolute Gasteiger partial charge is 0.196 e. The molecule has 2 aromatic carbocycles. The lowest BCUT2D eigenvalue weighted by molar-refractivity contribution is 0.925. The molecule has 6 nitrogen and oxygen atoms in total. The van der Waals surface area contributed by atoms with Crippen molar-refractivity contribution in [2.75, 3.05) is 0 Å². The van der Waals surface area contributed by atoms with Crippen LogP contribution in [-0.2, 0) is 0 Å². The van der Waals surface area contributed by atoms with Crippen molar-refractivity contribution in [1.82, 2.24) is 29.1 Å². The van der Waals surface area contributed by atoms with Gasteiger partial charge >= 0.3 is 0 Å². The van der Waals surface area contributed by atoms with Crippen molar-refractivity contribution in [3.8, 4) is 16.5 Å². The Hall–Kier alpha value is -3.58. The lowest BCUT2D eigenvalue weighted by Crippen LogP contribution is -1.98. The molecular formula is C23H18N6S. The fourth-order valence-electron chi connectivity index (χ4n) is 3.99. The summed E-state index contributed by atoms with van der Waals surface area (Å²) in [6.45, 7) is 6.30. The Kier molecular flexibility index (Phi) is 3.58. The molecule has 0 aliphatic heterocycles. The Morgan fingerprint density at radius 1 is 0.867 bits per heavy atom. The number of fused-ring (bicyclic) bond motifs is 4. The topological polar surface area (TPSA) is 60.9 Å². The molecule has 0 saturated heterocycles. The van der Waals surface area contributed by atoms with Crippen LogP contribution in [0.4, 0.5) is 0 Å². The Bertz CT molecular complexity index is 1550. The molecule has 0 aliphatic rings. The average molecular weight is 411 g/mol. The average Bonchev–Trinajstić information content (AvgIpc) is 3.42. The third-order valence-electron chi connectivity index (χ3n) is 5.69. The molecule has 4 aromatic heterocycles. The minimum atomic E-state index is 0.715. The molecular weight excluding hydrogens is 392 g/mol. The molecule has 6 rings (SSSR count). The van der Waals surface area contributed by atoms with Gasteiger partial charge in [-0.25, -0.2) is 19.5 Å². The van der Waals surface area contributed by atoms with Gasteiger partial charge in [0.05, 0.1) is 15.6 Å². The Labute approximate surface area is 176 Å². The Morgan fingerprint density at radius 2 is 1.67 bits per heavy atom. The van der Waals surface area contributed by atoms with Crippen LogP contribution in [0.5, 0.6) is 0 Å². The van der Waals surface area contributed by atoms with E-state index in [1.807, 2.05) is 30.3 Å². The van der Waals surface area contributed by atoms with Gasteiger partial charge < -0.3 is 0 Å². The van der Waals surface area contributed by atoms with Gasteiger partial charge in [-0.1, -0.05) is 47.7 Å². The molecule has 0 N–H and O–H groups in total. The lowest BCUT2D eigenvalue weighted by atomic mass is 10.1. The molecule has 0 unspecified atom stereocenters. The molecule has 0 radical (unpaired) electrons. The first-order valence-corrected chi connectivity index (χ1v) is 10.6. The molecule has 7 heteroatoms. The summed E-state index contributed by atoms with van der Waals surface area (Å²) in [5, 5.41) is 6.64. The molecule has 0 fully saturated rings. The fourth-order valence-corrected chi connectivity index (χ4v) is 5.01. The minimum absolute atomic E-state index is 0.715. The second-order valence-electron chi connectivity index (χ2n) is 7.47. The van der Waals surface area contributed by atoms with Crippen molar-refractivity contribution in [2.45, 2.75) is 20.8 Å². The highest BCUT2D eigenvalue weighted by Gasteiger charge is 2.21. The molecule has 0 amide bonds. The van der Waals surface area contributed by atoms with E-state index in [4.69, 9.17) is 20.1 Å². The van der Waals surface area contributed by atoms with Crippen molar-refractivity contribution in [2.24, 2.45) is 0 Å². The molecule has 0 bridgehead atoms. The van der Waals surface area contributed by atoms with Gasteiger partial charge in [0.1, 0.15) is 6.33 Å². The zero-order valence-electron chi connectivity index (χ0n) is 16.8. The maximum atomic E-state index is 4.91. The van der Waals surface area contributed by atoms with Gasteiger partial charge in [0.25, 0.3) is 0 Å². The van der Waals surface area contributed by atoms with Gasteiger partial charge in [0.2, 0.25) is 0 Å².